The number of likely N-dealkylation sites (tertiary alicyclic amines) is 1. The zero-order chi connectivity index (χ0) is 18.2. The summed E-state index contributed by atoms with van der Waals surface area (Å²) < 4.78 is 33.2. The van der Waals surface area contributed by atoms with Gasteiger partial charge in [0.25, 0.3) is 5.91 Å². The predicted octanol–water partition coefficient (Wildman–Crippen LogP) is -0.140. The molecule has 0 N–H and O–H groups in total. The maximum absolute atomic E-state index is 12.5. The Morgan fingerprint density at radius 1 is 1.36 bits per heavy atom. The number of amides is 1. The smallest absolute Gasteiger partial charge is 0.293 e. The van der Waals surface area contributed by atoms with E-state index in [1.807, 2.05) is 0 Å². The molecule has 1 aromatic rings. The van der Waals surface area contributed by atoms with Crippen LogP contribution in [0.3, 0.4) is 0 Å². The van der Waals surface area contributed by atoms with Crippen molar-refractivity contribution < 1.29 is 17.9 Å². The summed E-state index contributed by atoms with van der Waals surface area (Å²) in [6.07, 6.45) is 5.60. The van der Waals surface area contributed by atoms with Crippen LogP contribution in [0.4, 0.5) is 0 Å². The summed E-state index contributed by atoms with van der Waals surface area (Å²) in [6.45, 7) is 1.40. The highest BCUT2D eigenvalue weighted by Gasteiger charge is 2.52. The zero-order valence-electron chi connectivity index (χ0n) is 14.9. The second-order valence-electron chi connectivity index (χ2n) is 6.97. The van der Waals surface area contributed by atoms with Gasteiger partial charge >= 0.3 is 0 Å². The zero-order valence-corrected chi connectivity index (χ0v) is 15.7. The van der Waals surface area contributed by atoms with Crippen LogP contribution in [0.2, 0.25) is 0 Å². The van der Waals surface area contributed by atoms with E-state index in [1.165, 1.54) is 17.3 Å². The average molecular weight is 371 g/mol. The summed E-state index contributed by atoms with van der Waals surface area (Å²) >= 11 is 0. The fourth-order valence-corrected chi connectivity index (χ4v) is 5.88. The lowest BCUT2D eigenvalue weighted by molar-refractivity contribution is 0.0495. The van der Waals surface area contributed by atoms with Gasteiger partial charge in [0.2, 0.25) is 15.8 Å². The molecule has 25 heavy (non-hydrogen) atoms. The molecule has 140 valence electrons. The normalized spacial score (nSPS) is 24.1. The number of sulfonamides is 1. The van der Waals surface area contributed by atoms with Crippen LogP contribution < -0.4 is 0 Å². The summed E-state index contributed by atoms with van der Waals surface area (Å²) in [5.74, 6) is -0.0186. The van der Waals surface area contributed by atoms with Gasteiger partial charge in [0.15, 0.2) is 0 Å². The Kier molecular flexibility index (Phi) is 4.86. The molecule has 2 aliphatic rings. The minimum Gasteiger partial charge on any atom is -0.383 e. The molecule has 0 saturated carbocycles. The van der Waals surface area contributed by atoms with Crippen LogP contribution in [0.5, 0.6) is 0 Å². The number of hydrogen-bond donors (Lipinski definition) is 0. The Labute approximate surface area is 148 Å². The monoisotopic (exact) mass is 371 g/mol. The fourth-order valence-electron chi connectivity index (χ4n) is 4.19. The fraction of sp³-hybridized carbons (Fsp3) is 0.800. The molecule has 9 nitrogen and oxygen atoms in total. The van der Waals surface area contributed by atoms with Gasteiger partial charge in [-0.3, -0.25) is 9.48 Å². The number of methoxy groups -OCH3 is 1. The highest BCUT2D eigenvalue weighted by molar-refractivity contribution is 7.88. The number of rotatable bonds is 4. The first-order valence-electron chi connectivity index (χ1n) is 8.40. The van der Waals surface area contributed by atoms with Crippen molar-refractivity contribution in [3.63, 3.8) is 0 Å². The highest BCUT2D eigenvalue weighted by Crippen LogP contribution is 2.43. The molecule has 1 amide bonds. The molecule has 0 aliphatic carbocycles. The molecule has 2 saturated heterocycles. The van der Waals surface area contributed by atoms with Crippen LogP contribution in [-0.2, 0) is 21.8 Å². The molecule has 10 heteroatoms. The van der Waals surface area contributed by atoms with Crippen molar-refractivity contribution in [1.82, 2.24) is 24.0 Å². The van der Waals surface area contributed by atoms with Crippen molar-refractivity contribution in [2.45, 2.75) is 37.3 Å². The lowest BCUT2D eigenvalue weighted by atomic mass is 9.86. The van der Waals surface area contributed by atoms with E-state index in [-0.39, 0.29) is 17.8 Å². The van der Waals surface area contributed by atoms with Crippen molar-refractivity contribution in [2.75, 3.05) is 33.1 Å². The molecule has 3 heterocycles. The van der Waals surface area contributed by atoms with Crippen LogP contribution in [-0.4, -0.2) is 82.9 Å². The van der Waals surface area contributed by atoms with E-state index in [9.17, 15) is 13.2 Å². The van der Waals surface area contributed by atoms with Gasteiger partial charge in [-0.1, -0.05) is 0 Å². The first-order chi connectivity index (χ1) is 11.8. The van der Waals surface area contributed by atoms with Gasteiger partial charge in [-0.15, -0.1) is 5.10 Å². The third-order valence-electron chi connectivity index (χ3n) is 5.23. The second-order valence-corrected chi connectivity index (χ2v) is 8.82. The Bertz CT molecular complexity index is 739. The quantitative estimate of drug-likeness (QED) is 0.731. The van der Waals surface area contributed by atoms with Gasteiger partial charge < -0.3 is 9.64 Å². The first kappa shape index (κ1) is 18.3. The van der Waals surface area contributed by atoms with Crippen LogP contribution in [0.15, 0.2) is 6.33 Å². The predicted molar refractivity (Wildman–Crippen MR) is 90.5 cm³/mol. The summed E-state index contributed by atoms with van der Waals surface area (Å²) in [6, 6.07) is -0.125. The number of hydrogen-bond acceptors (Lipinski definition) is 6. The van der Waals surface area contributed by atoms with E-state index in [4.69, 9.17) is 4.74 Å². The maximum atomic E-state index is 12.5. The van der Waals surface area contributed by atoms with Gasteiger partial charge in [-0.25, -0.2) is 13.4 Å². The number of aryl methyl sites for hydroxylation is 1. The number of piperidine rings is 1. The SMILES string of the molecule is COC[C@H]1CCC2(CCN(C(=O)c3ncn(C)n3)CC2)N1S(C)(=O)=O. The summed E-state index contributed by atoms with van der Waals surface area (Å²) in [5.41, 5.74) is -0.412. The molecule has 2 aliphatic heterocycles. The molecule has 1 aromatic heterocycles. The van der Waals surface area contributed by atoms with Crippen molar-refractivity contribution in [1.29, 1.82) is 0 Å². The number of nitrogens with zero attached hydrogens (tertiary/aromatic N) is 5. The minimum absolute atomic E-state index is 0.125. The van der Waals surface area contributed by atoms with Gasteiger partial charge in [0.05, 0.1) is 12.9 Å². The third-order valence-corrected chi connectivity index (χ3v) is 6.63. The lowest BCUT2D eigenvalue weighted by Crippen LogP contribution is -2.57. The molecule has 0 radical (unpaired) electrons. The van der Waals surface area contributed by atoms with Crippen LogP contribution >= 0.6 is 0 Å². The standard InChI is InChI=1S/C15H25N5O4S/c1-18-11-16-13(17-18)14(21)19-8-6-15(7-9-19)5-4-12(10-24-2)20(15)25(3,22)23/h11-12H,4-10H2,1-3H3/t12-/m1/s1. The second kappa shape index (κ2) is 6.65. The van der Waals surface area contributed by atoms with E-state index >= 15 is 0 Å². The molecule has 0 unspecified atom stereocenters. The van der Waals surface area contributed by atoms with Gasteiger partial charge in [-0.2, -0.15) is 4.31 Å². The van der Waals surface area contributed by atoms with E-state index in [2.05, 4.69) is 10.1 Å². The third kappa shape index (κ3) is 3.42. The topological polar surface area (TPSA) is 97.6 Å². The summed E-state index contributed by atoms with van der Waals surface area (Å²) in [4.78, 5) is 18.2. The molecule has 3 rings (SSSR count). The highest BCUT2D eigenvalue weighted by atomic mass is 32.2. The van der Waals surface area contributed by atoms with E-state index < -0.39 is 15.6 Å². The van der Waals surface area contributed by atoms with Crippen molar-refractivity contribution >= 4 is 15.9 Å². The van der Waals surface area contributed by atoms with Crippen LogP contribution in [0, 0.1) is 0 Å². The number of ether oxygens (including phenoxy) is 1. The molecule has 0 bridgehead atoms. The van der Waals surface area contributed by atoms with E-state index in [1.54, 1.807) is 23.4 Å². The van der Waals surface area contributed by atoms with E-state index in [0.717, 1.165) is 12.8 Å². The summed E-state index contributed by atoms with van der Waals surface area (Å²) in [5, 5.41) is 4.06. The van der Waals surface area contributed by atoms with Gasteiger partial charge in [0, 0.05) is 38.8 Å². The van der Waals surface area contributed by atoms with Gasteiger partial charge in [0.1, 0.15) is 6.33 Å². The lowest BCUT2D eigenvalue weighted by Gasteiger charge is -2.44. The Balaban J connectivity index is 1.74. The van der Waals surface area contributed by atoms with Gasteiger partial charge in [-0.05, 0) is 25.7 Å². The molecular weight excluding hydrogens is 346 g/mol. The molecule has 2 fully saturated rings. The largest absolute Gasteiger partial charge is 0.383 e. The summed E-state index contributed by atoms with van der Waals surface area (Å²) in [7, 11) is -0.0410. The molecule has 0 aromatic carbocycles. The molecular formula is C15H25N5O4S. The maximum Gasteiger partial charge on any atom is 0.293 e. The Morgan fingerprint density at radius 3 is 2.56 bits per heavy atom. The van der Waals surface area contributed by atoms with Crippen molar-refractivity contribution in [3.05, 3.63) is 12.2 Å². The first-order valence-corrected chi connectivity index (χ1v) is 10.2. The Morgan fingerprint density at radius 2 is 2.04 bits per heavy atom. The van der Waals surface area contributed by atoms with Crippen molar-refractivity contribution in [3.8, 4) is 0 Å². The molecule has 1 spiro atoms. The Hall–Kier alpha value is -1.52. The number of aromatic nitrogens is 3. The molecule has 1 atom stereocenters. The van der Waals surface area contributed by atoms with Crippen LogP contribution in [0.25, 0.3) is 0 Å². The number of carbonyl (C=O) groups is 1. The van der Waals surface area contributed by atoms with Crippen molar-refractivity contribution in [2.24, 2.45) is 7.05 Å². The number of carbonyl (C=O) groups excluding carboxylic acids is 1. The minimum atomic E-state index is -3.35. The average Bonchev–Trinajstić information content (AvgIpc) is 3.12. The van der Waals surface area contributed by atoms with E-state index in [0.29, 0.717) is 32.5 Å². The van der Waals surface area contributed by atoms with Crippen LogP contribution in [0.1, 0.15) is 36.3 Å².